The highest BCUT2D eigenvalue weighted by Crippen LogP contribution is 2.19. The molecule has 1 amide bonds. The Hall–Kier alpha value is -1.75. The second kappa shape index (κ2) is 5.27. The van der Waals surface area contributed by atoms with Crippen molar-refractivity contribution in [3.8, 4) is 0 Å². The van der Waals surface area contributed by atoms with Crippen LogP contribution in [0.1, 0.15) is 10.4 Å². The Morgan fingerprint density at radius 3 is 2.44 bits per heavy atom. The van der Waals surface area contributed by atoms with Crippen LogP contribution in [0.15, 0.2) is 46.9 Å². The molecule has 2 aromatic carbocycles. The lowest BCUT2D eigenvalue weighted by Crippen LogP contribution is -2.13. The van der Waals surface area contributed by atoms with Gasteiger partial charge in [-0.25, -0.2) is 8.78 Å². The first-order chi connectivity index (χ1) is 8.58. The van der Waals surface area contributed by atoms with Crippen molar-refractivity contribution in [2.75, 3.05) is 5.32 Å². The molecular formula is C13H8BrF2NO. The third-order valence-electron chi connectivity index (χ3n) is 2.30. The van der Waals surface area contributed by atoms with Crippen LogP contribution < -0.4 is 5.32 Å². The van der Waals surface area contributed by atoms with E-state index in [1.807, 2.05) is 0 Å². The normalized spacial score (nSPS) is 10.2. The smallest absolute Gasteiger partial charge is 0.255 e. The van der Waals surface area contributed by atoms with Gasteiger partial charge in [-0.05, 0) is 46.3 Å². The van der Waals surface area contributed by atoms with Gasteiger partial charge >= 0.3 is 0 Å². The molecule has 0 saturated carbocycles. The molecule has 0 unspecified atom stereocenters. The summed E-state index contributed by atoms with van der Waals surface area (Å²) < 4.78 is 26.5. The summed E-state index contributed by atoms with van der Waals surface area (Å²) in [5.74, 6) is -1.48. The number of nitrogens with one attached hydrogen (secondary N) is 1. The van der Waals surface area contributed by atoms with Crippen LogP contribution in [0.4, 0.5) is 14.5 Å². The monoisotopic (exact) mass is 311 g/mol. The Labute approximate surface area is 111 Å². The molecule has 0 aliphatic rings. The van der Waals surface area contributed by atoms with E-state index >= 15 is 0 Å². The summed E-state index contributed by atoms with van der Waals surface area (Å²) in [5.41, 5.74) is 0.328. The largest absolute Gasteiger partial charge is 0.319 e. The van der Waals surface area contributed by atoms with Crippen LogP contribution in [0.25, 0.3) is 0 Å². The van der Waals surface area contributed by atoms with Gasteiger partial charge in [0.15, 0.2) is 0 Å². The molecule has 0 aliphatic carbocycles. The van der Waals surface area contributed by atoms with Gasteiger partial charge in [-0.15, -0.1) is 0 Å². The Balaban J connectivity index is 2.22. The molecular weight excluding hydrogens is 304 g/mol. The highest BCUT2D eigenvalue weighted by Gasteiger charge is 2.10. The molecule has 0 bridgehead atoms. The number of halogens is 3. The van der Waals surface area contributed by atoms with Gasteiger partial charge in [-0.3, -0.25) is 4.79 Å². The van der Waals surface area contributed by atoms with E-state index in [-0.39, 0.29) is 15.7 Å². The van der Waals surface area contributed by atoms with Crippen molar-refractivity contribution in [2.24, 2.45) is 0 Å². The lowest BCUT2D eigenvalue weighted by Gasteiger charge is -2.06. The van der Waals surface area contributed by atoms with E-state index in [0.29, 0.717) is 0 Å². The van der Waals surface area contributed by atoms with Crippen molar-refractivity contribution < 1.29 is 13.6 Å². The highest BCUT2D eigenvalue weighted by molar-refractivity contribution is 9.10. The molecule has 0 radical (unpaired) electrons. The van der Waals surface area contributed by atoms with Crippen molar-refractivity contribution in [1.29, 1.82) is 0 Å². The van der Waals surface area contributed by atoms with Crippen LogP contribution >= 0.6 is 15.9 Å². The molecule has 0 aliphatic heterocycles. The molecule has 18 heavy (non-hydrogen) atoms. The summed E-state index contributed by atoms with van der Waals surface area (Å²) in [4.78, 5) is 11.8. The summed E-state index contributed by atoms with van der Waals surface area (Å²) in [6.45, 7) is 0. The second-order valence-electron chi connectivity index (χ2n) is 3.56. The van der Waals surface area contributed by atoms with Gasteiger partial charge in [0.1, 0.15) is 11.6 Å². The highest BCUT2D eigenvalue weighted by atomic mass is 79.9. The topological polar surface area (TPSA) is 29.1 Å². The second-order valence-corrected chi connectivity index (χ2v) is 4.42. The fraction of sp³-hybridized carbons (Fsp3) is 0. The first kappa shape index (κ1) is 12.7. The first-order valence-corrected chi connectivity index (χ1v) is 5.88. The summed E-state index contributed by atoms with van der Waals surface area (Å²) in [6, 6.07) is 9.67. The van der Waals surface area contributed by atoms with E-state index in [9.17, 15) is 13.6 Å². The third-order valence-corrected chi connectivity index (χ3v) is 2.91. The van der Waals surface area contributed by atoms with Crippen molar-refractivity contribution in [1.82, 2.24) is 0 Å². The maximum absolute atomic E-state index is 13.3. The molecule has 0 saturated heterocycles. The fourth-order valence-electron chi connectivity index (χ4n) is 1.39. The Morgan fingerprint density at radius 2 is 1.78 bits per heavy atom. The van der Waals surface area contributed by atoms with Crippen LogP contribution in [0.2, 0.25) is 0 Å². The number of carbonyl (C=O) groups is 1. The van der Waals surface area contributed by atoms with Gasteiger partial charge in [-0.2, -0.15) is 0 Å². The van der Waals surface area contributed by atoms with Crippen molar-refractivity contribution in [3.63, 3.8) is 0 Å². The predicted molar refractivity (Wildman–Crippen MR) is 68.5 cm³/mol. The maximum Gasteiger partial charge on any atom is 0.255 e. The minimum atomic E-state index is -0.521. The number of rotatable bonds is 2. The Morgan fingerprint density at radius 1 is 1.06 bits per heavy atom. The molecule has 0 spiro atoms. The first-order valence-electron chi connectivity index (χ1n) is 5.09. The predicted octanol–water partition coefficient (Wildman–Crippen LogP) is 3.98. The number of benzene rings is 2. The van der Waals surface area contributed by atoms with E-state index < -0.39 is 17.5 Å². The molecule has 5 heteroatoms. The van der Waals surface area contributed by atoms with Crippen LogP contribution in [0, 0.1) is 11.6 Å². The molecule has 2 rings (SSSR count). The number of carbonyl (C=O) groups excluding carboxylic acids is 1. The Kier molecular flexibility index (Phi) is 3.72. The quantitative estimate of drug-likeness (QED) is 0.893. The van der Waals surface area contributed by atoms with Gasteiger partial charge in [-0.1, -0.05) is 12.1 Å². The molecule has 0 heterocycles. The standard InChI is InChI=1S/C13H8BrF2NO/c14-9-7-8(5-6-10(9)15)13(18)17-12-4-2-1-3-11(12)16/h1-7H,(H,17,18). The zero-order valence-electron chi connectivity index (χ0n) is 9.08. The molecule has 0 aromatic heterocycles. The molecule has 1 N–H and O–H groups in total. The fourth-order valence-corrected chi connectivity index (χ4v) is 1.77. The van der Waals surface area contributed by atoms with E-state index in [4.69, 9.17) is 0 Å². The van der Waals surface area contributed by atoms with Crippen molar-refractivity contribution in [3.05, 3.63) is 64.1 Å². The van der Waals surface area contributed by atoms with Gasteiger partial charge in [0.2, 0.25) is 0 Å². The number of amides is 1. The Bertz CT molecular complexity index is 601. The zero-order valence-corrected chi connectivity index (χ0v) is 10.7. The molecule has 2 nitrogen and oxygen atoms in total. The SMILES string of the molecule is O=C(Nc1ccccc1F)c1ccc(F)c(Br)c1. The third kappa shape index (κ3) is 2.73. The van der Waals surface area contributed by atoms with Crippen LogP contribution in [0.3, 0.4) is 0 Å². The summed E-state index contributed by atoms with van der Waals surface area (Å²) in [5, 5.41) is 2.42. The van der Waals surface area contributed by atoms with E-state index in [1.54, 1.807) is 6.07 Å². The summed E-state index contributed by atoms with van der Waals surface area (Å²) in [6.07, 6.45) is 0. The van der Waals surface area contributed by atoms with Crippen LogP contribution in [-0.4, -0.2) is 5.91 Å². The van der Waals surface area contributed by atoms with Gasteiger partial charge in [0.25, 0.3) is 5.91 Å². The minimum absolute atomic E-state index is 0.0861. The van der Waals surface area contributed by atoms with Gasteiger partial charge in [0.05, 0.1) is 10.2 Å². The van der Waals surface area contributed by atoms with Gasteiger partial charge in [0, 0.05) is 5.56 Å². The van der Waals surface area contributed by atoms with Gasteiger partial charge < -0.3 is 5.32 Å². The lowest BCUT2D eigenvalue weighted by molar-refractivity contribution is 0.102. The lowest BCUT2D eigenvalue weighted by atomic mass is 10.2. The number of para-hydroxylation sites is 1. The molecule has 0 atom stereocenters. The van der Waals surface area contributed by atoms with E-state index in [1.165, 1.54) is 36.4 Å². The number of hydrogen-bond donors (Lipinski definition) is 1. The molecule has 0 fully saturated rings. The molecule has 92 valence electrons. The zero-order chi connectivity index (χ0) is 13.1. The average molecular weight is 312 g/mol. The van der Waals surface area contributed by atoms with Crippen LogP contribution in [0.5, 0.6) is 0 Å². The van der Waals surface area contributed by atoms with Crippen molar-refractivity contribution in [2.45, 2.75) is 0 Å². The van der Waals surface area contributed by atoms with Crippen molar-refractivity contribution >= 4 is 27.5 Å². The van der Waals surface area contributed by atoms with E-state index in [2.05, 4.69) is 21.2 Å². The maximum atomic E-state index is 13.3. The average Bonchev–Trinajstić information content (AvgIpc) is 2.35. The minimum Gasteiger partial charge on any atom is -0.319 e. The summed E-state index contributed by atoms with van der Waals surface area (Å²) >= 11 is 2.99. The number of hydrogen-bond acceptors (Lipinski definition) is 1. The van der Waals surface area contributed by atoms with Crippen LogP contribution in [-0.2, 0) is 0 Å². The van der Waals surface area contributed by atoms with E-state index in [0.717, 1.165) is 0 Å². The molecule has 2 aromatic rings. The summed E-state index contributed by atoms with van der Waals surface area (Å²) in [7, 11) is 0. The number of anilines is 1.